The molecule has 0 saturated heterocycles. The van der Waals surface area contributed by atoms with E-state index < -0.39 is 23.2 Å². The van der Waals surface area contributed by atoms with Crippen LogP contribution in [-0.4, -0.2) is 16.5 Å². The third-order valence-electron chi connectivity index (χ3n) is 3.61. The second-order valence-corrected chi connectivity index (χ2v) is 5.26. The van der Waals surface area contributed by atoms with Crippen molar-refractivity contribution in [2.75, 3.05) is 0 Å². The molecule has 0 aliphatic heterocycles. The first-order valence-electron chi connectivity index (χ1n) is 6.94. The Balaban J connectivity index is 2.05. The maximum Gasteiger partial charge on any atom is 0.421 e. The summed E-state index contributed by atoms with van der Waals surface area (Å²) < 4.78 is 38.7. The highest BCUT2D eigenvalue weighted by Gasteiger charge is 2.34. The van der Waals surface area contributed by atoms with Crippen molar-refractivity contribution in [3.05, 3.63) is 34.2 Å². The minimum atomic E-state index is -4.71. The Morgan fingerprint density at radius 1 is 1.29 bits per heavy atom. The number of nitrogens with one attached hydrogen (secondary N) is 1. The summed E-state index contributed by atoms with van der Waals surface area (Å²) in [5.74, 6) is -0.427. The zero-order valence-electron chi connectivity index (χ0n) is 11.4. The van der Waals surface area contributed by atoms with E-state index >= 15 is 0 Å². The molecule has 1 fully saturated rings. The zero-order chi connectivity index (χ0) is 15.5. The largest absolute Gasteiger partial charge is 0.421 e. The molecule has 0 spiro atoms. The van der Waals surface area contributed by atoms with E-state index in [-0.39, 0.29) is 12.6 Å². The lowest BCUT2D eigenvalue weighted by Crippen LogP contribution is -2.40. The van der Waals surface area contributed by atoms with Crippen LogP contribution in [0.15, 0.2) is 23.1 Å². The van der Waals surface area contributed by atoms with Crippen LogP contribution in [-0.2, 0) is 17.5 Å². The van der Waals surface area contributed by atoms with Gasteiger partial charge in [-0.15, -0.1) is 0 Å². The van der Waals surface area contributed by atoms with Crippen LogP contribution in [0.25, 0.3) is 0 Å². The van der Waals surface area contributed by atoms with Gasteiger partial charge in [-0.05, 0) is 25.0 Å². The maximum absolute atomic E-state index is 12.6. The summed E-state index contributed by atoms with van der Waals surface area (Å²) in [5.41, 5.74) is -2.45. The van der Waals surface area contributed by atoms with Gasteiger partial charge in [0.05, 0.1) is 0 Å². The number of nitrogens with zero attached hydrogens (tertiary/aromatic N) is 1. The number of hydrogen-bond donors (Lipinski definition) is 1. The Bertz CT molecular complexity index is 560. The molecule has 1 aromatic rings. The molecule has 1 N–H and O–H groups in total. The lowest BCUT2D eigenvalue weighted by molar-refractivity contribution is -0.139. The van der Waals surface area contributed by atoms with Gasteiger partial charge < -0.3 is 9.88 Å². The number of rotatable bonds is 3. The summed E-state index contributed by atoms with van der Waals surface area (Å²) >= 11 is 0. The number of amides is 1. The highest BCUT2D eigenvalue weighted by atomic mass is 19.4. The minimum absolute atomic E-state index is 0.0627. The average Bonchev–Trinajstić information content (AvgIpc) is 2.41. The summed E-state index contributed by atoms with van der Waals surface area (Å²) in [6.45, 7) is -0.390. The summed E-state index contributed by atoms with van der Waals surface area (Å²) in [5, 5.41) is 2.77. The first-order valence-corrected chi connectivity index (χ1v) is 6.94. The van der Waals surface area contributed by atoms with Gasteiger partial charge in [0.15, 0.2) is 0 Å². The van der Waals surface area contributed by atoms with Crippen LogP contribution in [0.4, 0.5) is 13.2 Å². The molecule has 1 amide bonds. The third kappa shape index (κ3) is 4.09. The standard InChI is InChI=1S/C14H17F3N2O2/c15-14(16,17)11-7-4-8-19(13(11)21)9-12(20)18-10-5-2-1-3-6-10/h4,7-8,10H,1-3,5-6,9H2,(H,18,20). The van der Waals surface area contributed by atoms with Crippen LogP contribution in [0.3, 0.4) is 0 Å². The minimum Gasteiger partial charge on any atom is -0.352 e. The number of carbonyl (C=O) groups is 1. The lowest BCUT2D eigenvalue weighted by atomic mass is 9.95. The van der Waals surface area contributed by atoms with Crippen LogP contribution in [0.1, 0.15) is 37.7 Å². The number of alkyl halides is 3. The molecule has 1 heterocycles. The van der Waals surface area contributed by atoms with Crippen LogP contribution in [0.2, 0.25) is 0 Å². The molecule has 0 atom stereocenters. The first kappa shape index (κ1) is 15.6. The average molecular weight is 302 g/mol. The van der Waals surface area contributed by atoms with Crippen molar-refractivity contribution in [1.29, 1.82) is 0 Å². The van der Waals surface area contributed by atoms with E-state index in [0.29, 0.717) is 0 Å². The van der Waals surface area contributed by atoms with Gasteiger partial charge in [0.1, 0.15) is 12.1 Å². The molecule has 1 aliphatic rings. The van der Waals surface area contributed by atoms with E-state index in [1.165, 1.54) is 6.20 Å². The maximum atomic E-state index is 12.6. The van der Waals surface area contributed by atoms with E-state index in [2.05, 4.69) is 5.32 Å². The van der Waals surface area contributed by atoms with E-state index in [1.807, 2.05) is 0 Å². The normalized spacial score (nSPS) is 16.7. The molecule has 116 valence electrons. The fourth-order valence-electron chi connectivity index (χ4n) is 2.55. The molecule has 1 saturated carbocycles. The van der Waals surface area contributed by atoms with Crippen molar-refractivity contribution in [2.45, 2.75) is 50.9 Å². The van der Waals surface area contributed by atoms with E-state index in [4.69, 9.17) is 0 Å². The molecular weight excluding hydrogens is 285 g/mol. The van der Waals surface area contributed by atoms with Crippen molar-refractivity contribution < 1.29 is 18.0 Å². The molecule has 2 rings (SSSR count). The third-order valence-corrected chi connectivity index (χ3v) is 3.61. The molecule has 0 bridgehead atoms. The Labute approximate surface area is 120 Å². The predicted octanol–water partition coefficient (Wildman–Crippen LogP) is 2.32. The van der Waals surface area contributed by atoms with Crippen molar-refractivity contribution >= 4 is 5.91 Å². The van der Waals surface area contributed by atoms with Gasteiger partial charge in [0, 0.05) is 12.2 Å². The van der Waals surface area contributed by atoms with E-state index in [1.54, 1.807) is 0 Å². The molecule has 21 heavy (non-hydrogen) atoms. The van der Waals surface area contributed by atoms with Crippen molar-refractivity contribution in [1.82, 2.24) is 9.88 Å². The van der Waals surface area contributed by atoms with Crippen LogP contribution >= 0.6 is 0 Å². The lowest BCUT2D eigenvalue weighted by Gasteiger charge is -2.23. The van der Waals surface area contributed by atoms with Gasteiger partial charge >= 0.3 is 6.18 Å². The number of halogens is 3. The van der Waals surface area contributed by atoms with Gasteiger partial charge in [-0.1, -0.05) is 19.3 Å². The first-order chi connectivity index (χ1) is 9.88. The Kier molecular flexibility index (Phi) is 4.69. The fraction of sp³-hybridized carbons (Fsp3) is 0.571. The van der Waals surface area contributed by atoms with Gasteiger partial charge in [-0.2, -0.15) is 13.2 Å². The van der Waals surface area contributed by atoms with E-state index in [0.717, 1.165) is 48.8 Å². The Morgan fingerprint density at radius 3 is 2.57 bits per heavy atom. The summed E-state index contributed by atoms with van der Waals surface area (Å²) in [7, 11) is 0. The van der Waals surface area contributed by atoms with Gasteiger partial charge in [0.2, 0.25) is 5.91 Å². The fourth-order valence-corrected chi connectivity index (χ4v) is 2.55. The second-order valence-electron chi connectivity index (χ2n) is 5.26. The highest BCUT2D eigenvalue weighted by Crippen LogP contribution is 2.25. The highest BCUT2D eigenvalue weighted by molar-refractivity contribution is 5.76. The molecule has 1 aliphatic carbocycles. The van der Waals surface area contributed by atoms with Crippen LogP contribution < -0.4 is 10.9 Å². The SMILES string of the molecule is O=C(Cn1cccc(C(F)(F)F)c1=O)NC1CCCCC1. The summed E-state index contributed by atoms with van der Waals surface area (Å²) in [6.07, 6.45) is 1.45. The number of pyridine rings is 1. The van der Waals surface area contributed by atoms with Crippen LogP contribution in [0, 0.1) is 0 Å². The Morgan fingerprint density at radius 2 is 1.95 bits per heavy atom. The van der Waals surface area contributed by atoms with Gasteiger partial charge in [-0.25, -0.2) is 0 Å². The van der Waals surface area contributed by atoms with Gasteiger partial charge in [0.25, 0.3) is 5.56 Å². The van der Waals surface area contributed by atoms with Crippen molar-refractivity contribution in [2.24, 2.45) is 0 Å². The van der Waals surface area contributed by atoms with Gasteiger partial charge in [-0.3, -0.25) is 9.59 Å². The summed E-state index contributed by atoms with van der Waals surface area (Å²) in [4.78, 5) is 23.5. The zero-order valence-corrected chi connectivity index (χ0v) is 11.4. The molecule has 0 unspecified atom stereocenters. The molecular formula is C14H17F3N2O2. The van der Waals surface area contributed by atoms with Crippen molar-refractivity contribution in [3.63, 3.8) is 0 Å². The Hall–Kier alpha value is -1.79. The molecule has 7 heteroatoms. The molecule has 0 radical (unpaired) electrons. The smallest absolute Gasteiger partial charge is 0.352 e. The van der Waals surface area contributed by atoms with Crippen LogP contribution in [0.5, 0.6) is 0 Å². The summed E-state index contributed by atoms with van der Waals surface area (Å²) in [6, 6.07) is 1.91. The second kappa shape index (κ2) is 6.32. The number of aromatic nitrogens is 1. The van der Waals surface area contributed by atoms with E-state index in [9.17, 15) is 22.8 Å². The van der Waals surface area contributed by atoms with Crippen molar-refractivity contribution in [3.8, 4) is 0 Å². The molecule has 0 aromatic carbocycles. The molecule has 4 nitrogen and oxygen atoms in total. The quantitative estimate of drug-likeness (QED) is 0.931. The number of hydrogen-bond acceptors (Lipinski definition) is 2. The topological polar surface area (TPSA) is 51.1 Å². The number of carbonyl (C=O) groups excluding carboxylic acids is 1. The molecule has 1 aromatic heterocycles. The predicted molar refractivity (Wildman–Crippen MR) is 70.7 cm³/mol. The monoisotopic (exact) mass is 302 g/mol.